The predicted octanol–water partition coefficient (Wildman–Crippen LogP) is 4.78. The number of nitro groups is 1. The highest BCUT2D eigenvalue weighted by molar-refractivity contribution is 7.14. The Bertz CT molecular complexity index is 1220. The molecular weight excluding hydrogens is 420 g/mol. The average molecular weight is 438 g/mol. The van der Waals surface area contributed by atoms with E-state index in [4.69, 9.17) is 9.15 Å². The highest BCUT2D eigenvalue weighted by Crippen LogP contribution is 2.31. The summed E-state index contributed by atoms with van der Waals surface area (Å²) in [5, 5.41) is 20.1. The molecule has 1 amide bonds. The second-order valence-corrected chi connectivity index (χ2v) is 7.41. The standard InChI is InChI=1S/C21H18N4O5S/c1-29-9-8-22-15-7-6-14(10-17(15)25(27)28)20(26)24-21-23-16(12-31-21)19-11-13-4-2-3-5-18(13)30-19/h2-7,10-12,22H,8-9H2,1H3,(H,23,24,26). The van der Waals surface area contributed by atoms with E-state index in [1.54, 1.807) is 12.5 Å². The van der Waals surface area contributed by atoms with Crippen LogP contribution in [0.3, 0.4) is 0 Å². The number of rotatable bonds is 8. The highest BCUT2D eigenvalue weighted by Gasteiger charge is 2.19. The van der Waals surface area contributed by atoms with Gasteiger partial charge in [-0.1, -0.05) is 18.2 Å². The zero-order chi connectivity index (χ0) is 21.8. The molecule has 0 bridgehead atoms. The lowest BCUT2D eigenvalue weighted by atomic mass is 10.1. The molecule has 2 heterocycles. The zero-order valence-corrected chi connectivity index (χ0v) is 17.3. The maximum absolute atomic E-state index is 12.6. The molecule has 4 rings (SSSR count). The summed E-state index contributed by atoms with van der Waals surface area (Å²) in [5.74, 6) is 0.108. The van der Waals surface area contributed by atoms with E-state index in [0.29, 0.717) is 35.4 Å². The number of anilines is 2. The van der Waals surface area contributed by atoms with Gasteiger partial charge in [0.25, 0.3) is 11.6 Å². The molecule has 0 atom stereocenters. The number of thiazole rings is 1. The highest BCUT2D eigenvalue weighted by atomic mass is 32.1. The van der Waals surface area contributed by atoms with E-state index < -0.39 is 10.8 Å². The van der Waals surface area contributed by atoms with Gasteiger partial charge < -0.3 is 14.5 Å². The van der Waals surface area contributed by atoms with Gasteiger partial charge in [-0.05, 0) is 24.3 Å². The van der Waals surface area contributed by atoms with Crippen LogP contribution in [0.5, 0.6) is 0 Å². The summed E-state index contributed by atoms with van der Waals surface area (Å²) in [6, 6.07) is 13.8. The molecule has 10 heteroatoms. The molecule has 31 heavy (non-hydrogen) atoms. The molecule has 2 aromatic carbocycles. The number of benzene rings is 2. The lowest BCUT2D eigenvalue weighted by Gasteiger charge is -2.08. The van der Waals surface area contributed by atoms with Crippen LogP contribution < -0.4 is 10.6 Å². The summed E-state index contributed by atoms with van der Waals surface area (Å²) < 4.78 is 10.7. The second-order valence-electron chi connectivity index (χ2n) is 6.55. The summed E-state index contributed by atoms with van der Waals surface area (Å²) in [4.78, 5) is 27.9. The fraction of sp³-hybridized carbons (Fsp3) is 0.143. The molecule has 0 fully saturated rings. The van der Waals surface area contributed by atoms with Crippen molar-refractivity contribution in [2.75, 3.05) is 30.9 Å². The van der Waals surface area contributed by atoms with Crippen molar-refractivity contribution in [2.45, 2.75) is 0 Å². The smallest absolute Gasteiger partial charge is 0.293 e. The minimum atomic E-state index is -0.533. The molecule has 0 unspecified atom stereocenters. The van der Waals surface area contributed by atoms with Crippen molar-refractivity contribution < 1.29 is 18.9 Å². The van der Waals surface area contributed by atoms with Gasteiger partial charge in [0, 0.05) is 36.1 Å². The number of para-hydroxylation sites is 1. The number of ether oxygens (including phenoxy) is 1. The average Bonchev–Trinajstić information content (AvgIpc) is 3.40. The number of fused-ring (bicyclic) bond motifs is 1. The summed E-state index contributed by atoms with van der Waals surface area (Å²) in [5.41, 5.74) is 1.64. The Labute approximate surface area is 180 Å². The van der Waals surface area contributed by atoms with Crippen molar-refractivity contribution in [3.63, 3.8) is 0 Å². The van der Waals surface area contributed by atoms with Gasteiger partial charge in [0.2, 0.25) is 0 Å². The van der Waals surface area contributed by atoms with Crippen LogP contribution >= 0.6 is 11.3 Å². The minimum absolute atomic E-state index is 0.157. The molecule has 2 aromatic heterocycles. The van der Waals surface area contributed by atoms with Gasteiger partial charge in [0.1, 0.15) is 17.0 Å². The van der Waals surface area contributed by atoms with Crippen LogP contribution in [0.1, 0.15) is 10.4 Å². The summed E-state index contributed by atoms with van der Waals surface area (Å²) in [6.07, 6.45) is 0. The first-order chi connectivity index (χ1) is 15.0. The Balaban J connectivity index is 1.50. The van der Waals surface area contributed by atoms with E-state index in [2.05, 4.69) is 15.6 Å². The molecule has 4 aromatic rings. The quantitative estimate of drug-likeness (QED) is 0.231. The monoisotopic (exact) mass is 438 g/mol. The number of aromatic nitrogens is 1. The molecule has 158 valence electrons. The van der Waals surface area contributed by atoms with Crippen molar-refractivity contribution in [2.24, 2.45) is 0 Å². The van der Waals surface area contributed by atoms with E-state index in [1.807, 2.05) is 30.3 Å². The number of nitrogens with one attached hydrogen (secondary N) is 2. The van der Waals surface area contributed by atoms with Crippen molar-refractivity contribution in [3.05, 3.63) is 69.6 Å². The SMILES string of the molecule is COCCNc1ccc(C(=O)Nc2nc(-c3cc4ccccc4o3)cs2)cc1[N+](=O)[O-]. The van der Waals surface area contributed by atoms with E-state index in [0.717, 1.165) is 11.0 Å². The molecular formula is C21H18N4O5S. The Morgan fingerprint density at radius 3 is 2.87 bits per heavy atom. The summed E-state index contributed by atoms with van der Waals surface area (Å²) in [6.45, 7) is 0.809. The fourth-order valence-corrected chi connectivity index (χ4v) is 3.68. The Morgan fingerprint density at radius 1 is 1.26 bits per heavy atom. The fourth-order valence-electron chi connectivity index (χ4n) is 2.98. The molecule has 0 aliphatic heterocycles. The number of amides is 1. The summed E-state index contributed by atoms with van der Waals surface area (Å²) >= 11 is 1.24. The maximum Gasteiger partial charge on any atom is 0.293 e. The van der Waals surface area contributed by atoms with E-state index in [-0.39, 0.29) is 11.3 Å². The number of nitrogens with zero attached hydrogens (tertiary/aromatic N) is 2. The van der Waals surface area contributed by atoms with Gasteiger partial charge in [-0.2, -0.15) is 0 Å². The first kappa shape index (κ1) is 20.5. The lowest BCUT2D eigenvalue weighted by molar-refractivity contribution is -0.384. The topological polar surface area (TPSA) is 120 Å². The Hall–Kier alpha value is -3.76. The third-order valence-electron chi connectivity index (χ3n) is 4.48. The third kappa shape index (κ3) is 4.55. The first-order valence-electron chi connectivity index (χ1n) is 9.32. The first-order valence-corrected chi connectivity index (χ1v) is 10.2. The van der Waals surface area contributed by atoms with Crippen LogP contribution in [0, 0.1) is 10.1 Å². The van der Waals surface area contributed by atoms with Crippen LogP contribution in [-0.2, 0) is 4.74 Å². The Morgan fingerprint density at radius 2 is 2.10 bits per heavy atom. The van der Waals surface area contributed by atoms with Gasteiger partial charge >= 0.3 is 0 Å². The number of methoxy groups -OCH3 is 1. The molecule has 0 radical (unpaired) electrons. The maximum atomic E-state index is 12.6. The molecule has 9 nitrogen and oxygen atoms in total. The molecule has 0 spiro atoms. The van der Waals surface area contributed by atoms with E-state index in [1.165, 1.54) is 29.5 Å². The van der Waals surface area contributed by atoms with Crippen LogP contribution in [0.2, 0.25) is 0 Å². The molecule has 0 aliphatic carbocycles. The number of hydrogen-bond donors (Lipinski definition) is 2. The van der Waals surface area contributed by atoms with Crippen molar-refractivity contribution in [1.29, 1.82) is 0 Å². The second kappa shape index (κ2) is 8.94. The van der Waals surface area contributed by atoms with Crippen molar-refractivity contribution >= 4 is 44.7 Å². The predicted molar refractivity (Wildman–Crippen MR) is 119 cm³/mol. The van der Waals surface area contributed by atoms with E-state index >= 15 is 0 Å². The van der Waals surface area contributed by atoms with Gasteiger partial charge in [0.05, 0.1) is 11.5 Å². The minimum Gasteiger partial charge on any atom is -0.454 e. The van der Waals surface area contributed by atoms with Gasteiger partial charge in [0.15, 0.2) is 10.9 Å². The van der Waals surface area contributed by atoms with Crippen LogP contribution in [0.15, 0.2) is 58.3 Å². The number of furan rings is 1. The normalized spacial score (nSPS) is 10.9. The zero-order valence-electron chi connectivity index (χ0n) is 16.5. The number of hydrogen-bond acceptors (Lipinski definition) is 8. The van der Waals surface area contributed by atoms with Gasteiger partial charge in [-0.15, -0.1) is 11.3 Å². The van der Waals surface area contributed by atoms with Crippen LogP contribution in [0.4, 0.5) is 16.5 Å². The molecule has 2 N–H and O–H groups in total. The van der Waals surface area contributed by atoms with Crippen molar-refractivity contribution in [1.82, 2.24) is 4.98 Å². The van der Waals surface area contributed by atoms with E-state index in [9.17, 15) is 14.9 Å². The lowest BCUT2D eigenvalue weighted by Crippen LogP contribution is -2.13. The molecule has 0 saturated heterocycles. The summed E-state index contributed by atoms with van der Waals surface area (Å²) in [7, 11) is 1.54. The number of nitro benzene ring substituents is 1. The Kier molecular flexibility index (Phi) is 5.92. The largest absolute Gasteiger partial charge is 0.454 e. The van der Waals surface area contributed by atoms with Gasteiger partial charge in [-0.3, -0.25) is 20.2 Å². The number of carbonyl (C=O) groups excluding carboxylic acids is 1. The molecule has 0 aliphatic rings. The van der Waals surface area contributed by atoms with Gasteiger partial charge in [-0.25, -0.2) is 4.98 Å². The number of carbonyl (C=O) groups is 1. The third-order valence-corrected chi connectivity index (χ3v) is 5.24. The molecule has 0 saturated carbocycles. The van der Waals surface area contributed by atoms with Crippen molar-refractivity contribution in [3.8, 4) is 11.5 Å². The van der Waals surface area contributed by atoms with Crippen LogP contribution in [-0.4, -0.2) is 36.1 Å². The van der Waals surface area contributed by atoms with Crippen LogP contribution in [0.25, 0.3) is 22.4 Å².